The lowest BCUT2D eigenvalue weighted by atomic mass is 9.31. The third-order valence-corrected chi connectivity index (χ3v) is 19.3. The fourth-order valence-electron chi connectivity index (χ4n) is 14.8. The van der Waals surface area contributed by atoms with E-state index in [9.17, 15) is 0 Å². The maximum atomic E-state index is 7.96. The van der Waals surface area contributed by atoms with Crippen molar-refractivity contribution < 1.29 is 4.74 Å². The van der Waals surface area contributed by atoms with Crippen LogP contribution in [0.25, 0.3) is 44.5 Å². The normalized spacial score (nSPS) is 13.6. The highest BCUT2D eigenvalue weighted by molar-refractivity contribution is 7.02. The smallest absolute Gasteiger partial charge is 0.256 e. The maximum absolute atomic E-state index is 7.96. The molecule has 4 aliphatic rings. The second-order valence-corrected chi connectivity index (χ2v) is 28.0. The van der Waals surface area contributed by atoms with Gasteiger partial charge < -0.3 is 19.4 Å². The highest BCUT2D eigenvalue weighted by Gasteiger charge is 2.51. The Kier molecular flexibility index (Phi) is 12.8. The number of rotatable bonds is 7. The van der Waals surface area contributed by atoms with Gasteiger partial charge in [-0.25, -0.2) is 0 Å². The monoisotopic (exact) mass is 1160 g/mol. The first-order valence-corrected chi connectivity index (χ1v) is 32.0. The molecule has 0 fully saturated rings. The summed E-state index contributed by atoms with van der Waals surface area (Å²) in [6.07, 6.45) is 0. The average molecular weight is 1160 g/mol. The second-order valence-electron chi connectivity index (χ2n) is 28.0. The van der Waals surface area contributed by atoms with Gasteiger partial charge in [0.15, 0.2) is 0 Å². The van der Waals surface area contributed by atoms with Gasteiger partial charge in [0, 0.05) is 56.4 Å². The van der Waals surface area contributed by atoms with E-state index in [1.165, 1.54) is 66.5 Å². The van der Waals surface area contributed by atoms with Crippen molar-refractivity contribution in [1.29, 1.82) is 0 Å². The van der Waals surface area contributed by atoms with E-state index < -0.39 is 0 Å². The molecule has 4 aliphatic heterocycles. The molecular formula is C84H71B2N3O. The van der Waals surface area contributed by atoms with Gasteiger partial charge in [-0.05, 0) is 161 Å². The van der Waals surface area contributed by atoms with Crippen LogP contribution in [0, 0.1) is 0 Å². The quantitative estimate of drug-likeness (QED) is 0.148. The number of hydrogen-bond donors (Lipinski definition) is 0. The molecule has 16 rings (SSSR count). The molecule has 12 aromatic carbocycles. The Bertz CT molecular complexity index is 4690. The van der Waals surface area contributed by atoms with E-state index in [1.54, 1.807) is 0 Å². The van der Waals surface area contributed by atoms with Crippen LogP contribution in [0.1, 0.15) is 79.0 Å². The first-order valence-electron chi connectivity index (χ1n) is 32.0. The number of ether oxygens (including phenoxy) is 1. The van der Waals surface area contributed by atoms with Crippen LogP contribution in [0.15, 0.2) is 267 Å². The highest BCUT2D eigenvalue weighted by atomic mass is 16.5. The van der Waals surface area contributed by atoms with Crippen molar-refractivity contribution >= 4 is 97.4 Å². The SMILES string of the molecule is CC(C)(C)c1cc(-c2ccccc2)c(N2c3ccccc3B3c4cc5c6c(c4N(c4c(-c7ccccc7)cc(C(C)(C)C)cc4-c4ccccc4)c4cc(C(C)(C)C)cc2c43)Oc2ccccc2B6c2ccccc2N5c2ccccc2)c(-c2ccccc2)c1. The first kappa shape index (κ1) is 55.3. The van der Waals surface area contributed by atoms with Crippen molar-refractivity contribution in [3.63, 3.8) is 0 Å². The summed E-state index contributed by atoms with van der Waals surface area (Å²) in [6.45, 7) is 20.8. The summed E-state index contributed by atoms with van der Waals surface area (Å²) in [5, 5.41) is 0. The van der Waals surface area contributed by atoms with Crippen LogP contribution in [0.4, 0.5) is 51.2 Å². The van der Waals surface area contributed by atoms with E-state index in [-0.39, 0.29) is 29.7 Å². The van der Waals surface area contributed by atoms with Crippen LogP contribution in [-0.4, -0.2) is 13.4 Å². The van der Waals surface area contributed by atoms with Crippen LogP contribution >= 0.6 is 0 Å². The average Bonchev–Trinajstić information content (AvgIpc) is 0.677. The highest BCUT2D eigenvalue weighted by Crippen LogP contribution is 2.57. The molecule has 0 spiro atoms. The van der Waals surface area contributed by atoms with Crippen LogP contribution in [0.2, 0.25) is 0 Å². The molecule has 0 aromatic heterocycles. The largest absolute Gasteiger partial charge is 0.456 e. The predicted molar refractivity (Wildman–Crippen MR) is 384 cm³/mol. The summed E-state index contributed by atoms with van der Waals surface area (Å²) in [4.78, 5) is 7.90. The zero-order chi connectivity index (χ0) is 61.4. The molecule has 0 bridgehead atoms. The van der Waals surface area contributed by atoms with Gasteiger partial charge in [-0.2, -0.15) is 0 Å². The Balaban J connectivity index is 1.13. The molecule has 90 heavy (non-hydrogen) atoms. The second kappa shape index (κ2) is 20.8. The van der Waals surface area contributed by atoms with E-state index in [0.29, 0.717) is 0 Å². The van der Waals surface area contributed by atoms with Gasteiger partial charge in [-0.15, -0.1) is 0 Å². The molecule has 0 saturated heterocycles. The van der Waals surface area contributed by atoms with E-state index in [1.807, 2.05) is 0 Å². The van der Waals surface area contributed by atoms with Crippen molar-refractivity contribution in [2.75, 3.05) is 14.7 Å². The summed E-state index contributed by atoms with van der Waals surface area (Å²) in [5.74, 6) is 1.75. The summed E-state index contributed by atoms with van der Waals surface area (Å²) < 4.78 is 7.96. The number of nitrogens with zero attached hydrogens (tertiary/aromatic N) is 3. The standard InChI is InChI=1S/C84H71B2N3O/c1-82(2,3)58-47-62(54-31-15-10-16-32-54)78(63(48-58)55-33-17-11-18-34-55)88-71-45-29-26-42-67(71)86-69-53-74-77-81(90-75-46-30-27-43-68(75)85(77)66-41-25-28-44-70(66)87(74)61-39-23-14-24-40-61)80(69)89(73-52-60(84(7,8)9)51-72(88)76(73)86)79-64(56-35-19-12-20-36-56)49-59(83(4,5)6)50-65(79)57-37-21-13-22-38-57/h10-53H,1-9H3. The lowest BCUT2D eigenvalue weighted by Crippen LogP contribution is -2.64. The number of anilines is 9. The third-order valence-electron chi connectivity index (χ3n) is 19.3. The van der Waals surface area contributed by atoms with Gasteiger partial charge in [0.05, 0.1) is 17.1 Å². The Morgan fingerprint density at radius 2 is 0.622 bits per heavy atom. The molecule has 4 heterocycles. The summed E-state index contributed by atoms with van der Waals surface area (Å²) in [5.41, 5.74) is 29.8. The van der Waals surface area contributed by atoms with Crippen LogP contribution in [0.3, 0.4) is 0 Å². The number of fused-ring (bicyclic) bond motifs is 9. The zero-order valence-corrected chi connectivity index (χ0v) is 52.8. The molecule has 0 atom stereocenters. The minimum Gasteiger partial charge on any atom is -0.456 e. The van der Waals surface area contributed by atoms with Gasteiger partial charge >= 0.3 is 0 Å². The van der Waals surface area contributed by atoms with E-state index >= 15 is 0 Å². The van der Waals surface area contributed by atoms with E-state index in [4.69, 9.17) is 4.74 Å². The molecule has 0 N–H and O–H groups in total. The number of para-hydroxylation sites is 4. The molecule has 0 unspecified atom stereocenters. The Morgan fingerprint density at radius 3 is 1.08 bits per heavy atom. The molecule has 0 aliphatic carbocycles. The topological polar surface area (TPSA) is 19.0 Å². The number of benzene rings is 12. The van der Waals surface area contributed by atoms with Crippen LogP contribution in [-0.2, 0) is 16.2 Å². The summed E-state index contributed by atoms with van der Waals surface area (Å²) in [6, 6.07) is 100. The van der Waals surface area contributed by atoms with Crippen molar-refractivity contribution in [2.24, 2.45) is 0 Å². The Labute approximate surface area is 531 Å². The lowest BCUT2D eigenvalue weighted by molar-refractivity contribution is 0.489. The van der Waals surface area contributed by atoms with E-state index in [0.717, 1.165) is 90.2 Å². The molecule has 0 saturated carbocycles. The Hall–Kier alpha value is -10.0. The number of hydrogen-bond acceptors (Lipinski definition) is 4. The fraction of sp³-hybridized carbons (Fsp3) is 0.143. The van der Waals surface area contributed by atoms with Crippen LogP contribution in [0.5, 0.6) is 11.5 Å². The predicted octanol–water partition coefficient (Wildman–Crippen LogP) is 18.7. The van der Waals surface area contributed by atoms with E-state index in [2.05, 4.69) is 344 Å². The summed E-state index contributed by atoms with van der Waals surface area (Å²) >= 11 is 0. The minimum absolute atomic E-state index is 0.135. The molecule has 0 amide bonds. The van der Waals surface area contributed by atoms with Gasteiger partial charge in [0.25, 0.3) is 13.4 Å². The molecular weight excluding hydrogens is 1090 g/mol. The lowest BCUT2D eigenvalue weighted by Gasteiger charge is -2.49. The minimum atomic E-state index is -0.304. The van der Waals surface area contributed by atoms with Gasteiger partial charge in [-0.1, -0.05) is 256 Å². The third kappa shape index (κ3) is 8.81. The first-order chi connectivity index (χ1) is 43.6. The van der Waals surface area contributed by atoms with Gasteiger partial charge in [0.1, 0.15) is 11.5 Å². The van der Waals surface area contributed by atoms with Crippen molar-refractivity contribution in [1.82, 2.24) is 0 Å². The molecule has 4 nitrogen and oxygen atoms in total. The molecule has 0 radical (unpaired) electrons. The van der Waals surface area contributed by atoms with Gasteiger partial charge in [-0.3, -0.25) is 0 Å². The van der Waals surface area contributed by atoms with Crippen molar-refractivity contribution in [2.45, 2.75) is 78.6 Å². The van der Waals surface area contributed by atoms with Crippen LogP contribution < -0.4 is 52.2 Å². The zero-order valence-electron chi connectivity index (χ0n) is 52.8. The Morgan fingerprint density at radius 1 is 0.278 bits per heavy atom. The fourth-order valence-corrected chi connectivity index (χ4v) is 14.8. The maximum Gasteiger partial charge on any atom is 0.256 e. The summed E-state index contributed by atoms with van der Waals surface area (Å²) in [7, 11) is 0. The van der Waals surface area contributed by atoms with Crippen molar-refractivity contribution in [3.05, 3.63) is 284 Å². The molecule has 434 valence electrons. The molecule has 6 heteroatoms. The van der Waals surface area contributed by atoms with Crippen molar-refractivity contribution in [3.8, 4) is 56.0 Å². The van der Waals surface area contributed by atoms with Gasteiger partial charge in [0.2, 0.25) is 0 Å². The molecule has 12 aromatic rings.